The fourth-order valence-corrected chi connectivity index (χ4v) is 4.00. The molecule has 29 heavy (non-hydrogen) atoms. The Hall–Kier alpha value is -3.03. The molecule has 1 saturated carbocycles. The molecule has 0 spiro atoms. The highest BCUT2D eigenvalue weighted by molar-refractivity contribution is 7.17. The fraction of sp³-hybridized carbons (Fsp3) is 0.227. The Labute approximate surface area is 173 Å². The van der Waals surface area contributed by atoms with Gasteiger partial charge < -0.3 is 16.4 Å². The molecule has 3 aromatic rings. The van der Waals surface area contributed by atoms with Gasteiger partial charge in [0.05, 0.1) is 4.88 Å². The molecule has 2 amide bonds. The van der Waals surface area contributed by atoms with Crippen LogP contribution in [0.3, 0.4) is 0 Å². The van der Waals surface area contributed by atoms with Gasteiger partial charge in [0.2, 0.25) is 0 Å². The molecule has 2 heterocycles. The van der Waals surface area contributed by atoms with E-state index >= 15 is 0 Å². The van der Waals surface area contributed by atoms with Crippen LogP contribution in [-0.4, -0.2) is 22.8 Å². The summed E-state index contributed by atoms with van der Waals surface area (Å²) in [7, 11) is 0. The summed E-state index contributed by atoms with van der Waals surface area (Å²) in [6.45, 7) is 2.28. The smallest absolute Gasteiger partial charge is 0.265 e. The molecular formula is C22H22N4O2S. The summed E-state index contributed by atoms with van der Waals surface area (Å²) in [5.41, 5.74) is 9.80. The number of aryl methyl sites for hydroxylation is 1. The number of thiophene rings is 1. The molecule has 2 aromatic heterocycles. The Kier molecular flexibility index (Phi) is 5.42. The first kappa shape index (κ1) is 19.3. The van der Waals surface area contributed by atoms with Gasteiger partial charge in [-0.3, -0.25) is 14.6 Å². The van der Waals surface area contributed by atoms with Crippen molar-refractivity contribution in [1.82, 2.24) is 10.3 Å². The zero-order valence-corrected chi connectivity index (χ0v) is 16.9. The number of pyridine rings is 1. The first-order valence-corrected chi connectivity index (χ1v) is 10.3. The van der Waals surface area contributed by atoms with E-state index in [1.165, 1.54) is 11.3 Å². The van der Waals surface area contributed by atoms with Crippen molar-refractivity contribution in [1.29, 1.82) is 0 Å². The lowest BCUT2D eigenvalue weighted by Crippen LogP contribution is -2.25. The minimum absolute atomic E-state index is 0.128. The number of carbonyl (C=O) groups excluding carboxylic acids is 2. The quantitative estimate of drug-likeness (QED) is 0.581. The van der Waals surface area contributed by atoms with Crippen molar-refractivity contribution in [2.45, 2.75) is 32.4 Å². The van der Waals surface area contributed by atoms with Crippen LogP contribution < -0.4 is 16.4 Å². The van der Waals surface area contributed by atoms with Crippen molar-refractivity contribution < 1.29 is 9.59 Å². The molecule has 1 aliphatic rings. The van der Waals surface area contributed by atoms with Gasteiger partial charge in [-0.25, -0.2) is 0 Å². The third kappa shape index (κ3) is 4.36. The zero-order chi connectivity index (χ0) is 20.4. The number of nitrogens with two attached hydrogens (primary N) is 1. The standard InChI is InChI=1S/C22H22N4O2S/c1-13-8-9-24-12-17(13)19-6-7-20(29-19)22(28)26-18-10-14(2-3-15(18)11-23)21(27)25-16-4-5-16/h2-3,6-10,12,16H,4-5,11,23H2,1H3,(H,25,27)(H,26,28). The maximum absolute atomic E-state index is 12.8. The van der Waals surface area contributed by atoms with Crippen LogP contribution in [0.5, 0.6) is 0 Å². The molecule has 0 bridgehead atoms. The SMILES string of the molecule is Cc1ccncc1-c1ccc(C(=O)Nc2cc(C(=O)NC3CC3)ccc2CN)s1. The van der Waals surface area contributed by atoms with E-state index < -0.39 is 0 Å². The third-order valence-electron chi connectivity index (χ3n) is 4.89. The Bertz CT molecular complexity index is 1070. The normalized spacial score (nSPS) is 13.2. The Morgan fingerprint density at radius 3 is 2.72 bits per heavy atom. The second-order valence-electron chi connectivity index (χ2n) is 7.13. The molecular weight excluding hydrogens is 384 g/mol. The van der Waals surface area contributed by atoms with Gasteiger partial charge in [-0.15, -0.1) is 11.3 Å². The average Bonchev–Trinajstić information content (AvgIpc) is 3.40. The number of amides is 2. The predicted molar refractivity (Wildman–Crippen MR) is 115 cm³/mol. The van der Waals surface area contributed by atoms with Gasteiger partial charge in [0.1, 0.15) is 0 Å². The molecule has 7 heteroatoms. The number of carbonyl (C=O) groups is 2. The summed E-state index contributed by atoms with van der Waals surface area (Å²) in [6, 6.07) is 11.2. The molecule has 0 aliphatic heterocycles. The van der Waals surface area contributed by atoms with Crippen molar-refractivity contribution in [2.24, 2.45) is 5.73 Å². The first-order valence-electron chi connectivity index (χ1n) is 9.51. The molecule has 4 N–H and O–H groups in total. The van der Waals surface area contributed by atoms with Gasteiger partial charge in [-0.2, -0.15) is 0 Å². The third-order valence-corrected chi connectivity index (χ3v) is 6.00. The van der Waals surface area contributed by atoms with E-state index in [1.807, 2.05) is 19.1 Å². The highest BCUT2D eigenvalue weighted by atomic mass is 32.1. The van der Waals surface area contributed by atoms with Gasteiger partial charge in [0, 0.05) is 46.7 Å². The van der Waals surface area contributed by atoms with E-state index in [0.29, 0.717) is 16.1 Å². The van der Waals surface area contributed by atoms with Crippen LogP contribution >= 0.6 is 11.3 Å². The highest BCUT2D eigenvalue weighted by Crippen LogP contribution is 2.30. The molecule has 1 aromatic carbocycles. The lowest BCUT2D eigenvalue weighted by Gasteiger charge is -2.12. The van der Waals surface area contributed by atoms with Gasteiger partial charge in [0.25, 0.3) is 11.8 Å². The van der Waals surface area contributed by atoms with E-state index in [1.54, 1.807) is 36.7 Å². The number of aromatic nitrogens is 1. The van der Waals surface area contributed by atoms with Gasteiger partial charge in [0.15, 0.2) is 0 Å². The van der Waals surface area contributed by atoms with Gasteiger partial charge >= 0.3 is 0 Å². The van der Waals surface area contributed by atoms with Crippen LogP contribution in [0.25, 0.3) is 10.4 Å². The Morgan fingerprint density at radius 2 is 2.00 bits per heavy atom. The molecule has 0 radical (unpaired) electrons. The van der Waals surface area contributed by atoms with Crippen molar-refractivity contribution in [2.75, 3.05) is 5.32 Å². The lowest BCUT2D eigenvalue weighted by atomic mass is 10.1. The van der Waals surface area contributed by atoms with E-state index in [2.05, 4.69) is 15.6 Å². The summed E-state index contributed by atoms with van der Waals surface area (Å²) < 4.78 is 0. The van der Waals surface area contributed by atoms with Gasteiger partial charge in [-0.05, 0) is 61.2 Å². The minimum Gasteiger partial charge on any atom is -0.349 e. The van der Waals surface area contributed by atoms with E-state index in [-0.39, 0.29) is 24.4 Å². The first-order chi connectivity index (χ1) is 14.0. The van der Waals surface area contributed by atoms with E-state index in [0.717, 1.165) is 34.4 Å². The van der Waals surface area contributed by atoms with Crippen LogP contribution in [0.4, 0.5) is 5.69 Å². The van der Waals surface area contributed by atoms with Crippen molar-refractivity contribution in [3.8, 4) is 10.4 Å². The molecule has 0 unspecified atom stereocenters. The number of benzene rings is 1. The summed E-state index contributed by atoms with van der Waals surface area (Å²) in [5, 5.41) is 5.88. The molecule has 148 valence electrons. The van der Waals surface area contributed by atoms with Crippen LogP contribution in [0.1, 0.15) is 44.0 Å². The summed E-state index contributed by atoms with van der Waals surface area (Å²) >= 11 is 1.41. The van der Waals surface area contributed by atoms with Crippen molar-refractivity contribution >= 4 is 28.8 Å². The van der Waals surface area contributed by atoms with Crippen molar-refractivity contribution in [3.05, 3.63) is 70.4 Å². The number of nitrogens with zero attached hydrogens (tertiary/aromatic N) is 1. The van der Waals surface area contributed by atoms with E-state index in [4.69, 9.17) is 5.73 Å². The average molecular weight is 407 g/mol. The molecule has 0 saturated heterocycles. The summed E-state index contributed by atoms with van der Waals surface area (Å²) in [4.78, 5) is 30.9. The number of anilines is 1. The van der Waals surface area contributed by atoms with Crippen LogP contribution in [-0.2, 0) is 6.54 Å². The minimum atomic E-state index is -0.225. The van der Waals surface area contributed by atoms with Crippen molar-refractivity contribution in [3.63, 3.8) is 0 Å². The monoisotopic (exact) mass is 406 g/mol. The topological polar surface area (TPSA) is 97.1 Å². The van der Waals surface area contributed by atoms with E-state index in [9.17, 15) is 9.59 Å². The molecule has 1 fully saturated rings. The van der Waals surface area contributed by atoms with Crippen LogP contribution in [0.2, 0.25) is 0 Å². The van der Waals surface area contributed by atoms with Gasteiger partial charge in [-0.1, -0.05) is 6.07 Å². The lowest BCUT2D eigenvalue weighted by molar-refractivity contribution is 0.0949. The number of hydrogen-bond acceptors (Lipinski definition) is 5. The largest absolute Gasteiger partial charge is 0.349 e. The molecule has 6 nitrogen and oxygen atoms in total. The second-order valence-corrected chi connectivity index (χ2v) is 8.22. The number of nitrogens with one attached hydrogen (secondary N) is 2. The fourth-order valence-electron chi connectivity index (χ4n) is 3.02. The maximum Gasteiger partial charge on any atom is 0.265 e. The molecule has 4 rings (SSSR count). The Morgan fingerprint density at radius 1 is 1.17 bits per heavy atom. The summed E-state index contributed by atoms with van der Waals surface area (Å²) in [5.74, 6) is -0.353. The predicted octanol–water partition coefficient (Wildman–Crippen LogP) is 3.72. The summed E-state index contributed by atoms with van der Waals surface area (Å²) in [6.07, 6.45) is 5.60. The highest BCUT2D eigenvalue weighted by Gasteiger charge is 2.24. The molecule has 0 atom stereocenters. The maximum atomic E-state index is 12.8. The van der Waals surface area contributed by atoms with Crippen LogP contribution in [0, 0.1) is 6.92 Å². The number of rotatable bonds is 6. The second kappa shape index (κ2) is 8.14. The Balaban J connectivity index is 1.54. The molecule has 1 aliphatic carbocycles. The number of hydrogen-bond donors (Lipinski definition) is 3. The zero-order valence-electron chi connectivity index (χ0n) is 16.1. The van der Waals surface area contributed by atoms with Crippen LogP contribution in [0.15, 0.2) is 48.8 Å².